The lowest BCUT2D eigenvalue weighted by molar-refractivity contribution is -0.127. The third-order valence-electron chi connectivity index (χ3n) is 4.18. The smallest absolute Gasteiger partial charge is 0.140 e. The van der Waals surface area contributed by atoms with Crippen LogP contribution < -0.4 is 0 Å². The fourth-order valence-electron chi connectivity index (χ4n) is 3.22. The minimum Gasteiger partial charge on any atom is -0.375 e. The van der Waals surface area contributed by atoms with Gasteiger partial charge in [-0.2, -0.15) is 5.26 Å². The van der Waals surface area contributed by atoms with Crippen molar-refractivity contribution in [3.05, 3.63) is 35.4 Å². The summed E-state index contributed by atoms with van der Waals surface area (Å²) in [7, 11) is 0. The largest absolute Gasteiger partial charge is 0.375 e. The van der Waals surface area contributed by atoms with E-state index in [1.54, 1.807) is 6.07 Å². The molecule has 3 rings (SSSR count). The second kappa shape index (κ2) is 5.14. The second-order valence-electron chi connectivity index (χ2n) is 5.58. The normalized spacial score (nSPS) is 28.9. The molecule has 0 radical (unpaired) electrons. The SMILES string of the molecule is N#Cc1cccc(CC(=O)C2CC3CCC(C2)O3)c1. The van der Waals surface area contributed by atoms with E-state index in [-0.39, 0.29) is 5.92 Å². The molecule has 19 heavy (non-hydrogen) atoms. The number of hydrogen-bond donors (Lipinski definition) is 0. The number of nitrogens with zero attached hydrogens (tertiary/aromatic N) is 1. The molecule has 3 heteroatoms. The van der Waals surface area contributed by atoms with Crippen molar-refractivity contribution in [3.63, 3.8) is 0 Å². The number of carbonyl (C=O) groups excluding carboxylic acids is 1. The van der Waals surface area contributed by atoms with E-state index in [1.807, 2.05) is 18.2 Å². The quantitative estimate of drug-likeness (QED) is 0.834. The molecule has 2 aliphatic heterocycles. The molecule has 2 fully saturated rings. The van der Waals surface area contributed by atoms with E-state index in [4.69, 9.17) is 10.00 Å². The molecule has 1 aromatic rings. The van der Waals surface area contributed by atoms with Crippen LogP contribution in [0.3, 0.4) is 0 Å². The van der Waals surface area contributed by atoms with Gasteiger partial charge in [-0.05, 0) is 43.4 Å². The van der Waals surface area contributed by atoms with Crippen molar-refractivity contribution in [2.24, 2.45) is 5.92 Å². The molecule has 0 amide bonds. The predicted octanol–water partition coefficient (Wildman–Crippen LogP) is 2.63. The third kappa shape index (κ3) is 2.69. The monoisotopic (exact) mass is 255 g/mol. The lowest BCUT2D eigenvalue weighted by Crippen LogP contribution is -2.30. The molecular weight excluding hydrogens is 238 g/mol. The Bertz CT molecular complexity index is 520. The van der Waals surface area contributed by atoms with Crippen molar-refractivity contribution in [3.8, 4) is 6.07 Å². The van der Waals surface area contributed by atoms with Crippen LogP contribution in [0.1, 0.15) is 36.8 Å². The average Bonchev–Trinajstić information content (AvgIpc) is 2.77. The van der Waals surface area contributed by atoms with Crippen LogP contribution in [0.4, 0.5) is 0 Å². The molecule has 2 bridgehead atoms. The van der Waals surface area contributed by atoms with Crippen molar-refractivity contribution >= 4 is 5.78 Å². The number of hydrogen-bond acceptors (Lipinski definition) is 3. The number of rotatable bonds is 3. The maximum atomic E-state index is 12.3. The van der Waals surface area contributed by atoms with Gasteiger partial charge < -0.3 is 4.74 Å². The lowest BCUT2D eigenvalue weighted by Gasteiger charge is -2.27. The number of Topliss-reactive ketones (excluding diaryl/α,β-unsaturated/α-hetero) is 1. The second-order valence-corrected chi connectivity index (χ2v) is 5.58. The molecule has 2 saturated heterocycles. The van der Waals surface area contributed by atoms with Gasteiger partial charge >= 0.3 is 0 Å². The van der Waals surface area contributed by atoms with Crippen LogP contribution in [-0.2, 0) is 16.0 Å². The van der Waals surface area contributed by atoms with Crippen LogP contribution in [-0.4, -0.2) is 18.0 Å². The van der Waals surface area contributed by atoms with Crippen LogP contribution in [0.5, 0.6) is 0 Å². The highest BCUT2D eigenvalue weighted by molar-refractivity contribution is 5.83. The summed E-state index contributed by atoms with van der Waals surface area (Å²) in [6, 6.07) is 9.46. The summed E-state index contributed by atoms with van der Waals surface area (Å²) in [5, 5.41) is 8.87. The number of ketones is 1. The number of nitriles is 1. The molecule has 0 N–H and O–H groups in total. The van der Waals surface area contributed by atoms with Gasteiger partial charge in [0, 0.05) is 12.3 Å². The first-order chi connectivity index (χ1) is 9.24. The number of benzene rings is 1. The Morgan fingerprint density at radius 2 is 2.05 bits per heavy atom. The van der Waals surface area contributed by atoms with E-state index in [0.29, 0.717) is 30.0 Å². The van der Waals surface area contributed by atoms with E-state index in [1.165, 1.54) is 0 Å². The summed E-state index contributed by atoms with van der Waals surface area (Å²) in [6.07, 6.45) is 5.04. The van der Waals surface area contributed by atoms with Crippen LogP contribution in [0.15, 0.2) is 24.3 Å². The first kappa shape index (κ1) is 12.4. The Labute approximate surface area is 113 Å². The minimum absolute atomic E-state index is 0.150. The van der Waals surface area contributed by atoms with Crippen molar-refractivity contribution in [1.29, 1.82) is 5.26 Å². The molecule has 2 aliphatic rings. The fourth-order valence-corrected chi connectivity index (χ4v) is 3.22. The standard InChI is InChI=1S/C16H17NO2/c17-10-12-3-1-2-11(6-12)7-16(18)13-8-14-4-5-15(9-13)19-14/h1-3,6,13-15H,4-5,7-9H2. The van der Waals surface area contributed by atoms with Crippen molar-refractivity contribution in [2.75, 3.05) is 0 Å². The summed E-state index contributed by atoms with van der Waals surface area (Å²) in [5.74, 6) is 0.451. The highest BCUT2D eigenvalue weighted by atomic mass is 16.5. The first-order valence-electron chi connectivity index (χ1n) is 6.92. The van der Waals surface area contributed by atoms with Gasteiger partial charge in [-0.25, -0.2) is 0 Å². The number of fused-ring (bicyclic) bond motifs is 2. The third-order valence-corrected chi connectivity index (χ3v) is 4.18. The van der Waals surface area contributed by atoms with Crippen molar-refractivity contribution in [2.45, 2.75) is 44.3 Å². The zero-order valence-electron chi connectivity index (χ0n) is 10.8. The zero-order valence-corrected chi connectivity index (χ0v) is 10.8. The zero-order chi connectivity index (χ0) is 13.2. The van der Waals surface area contributed by atoms with Gasteiger partial charge in [0.1, 0.15) is 5.78 Å². The van der Waals surface area contributed by atoms with Crippen LogP contribution >= 0.6 is 0 Å². The Balaban J connectivity index is 1.66. The molecule has 0 aromatic heterocycles. The topological polar surface area (TPSA) is 50.1 Å². The van der Waals surface area contributed by atoms with Gasteiger partial charge in [0.2, 0.25) is 0 Å². The molecule has 3 nitrogen and oxygen atoms in total. The minimum atomic E-state index is 0.150. The van der Waals surface area contributed by atoms with Crippen LogP contribution in [0, 0.1) is 17.2 Å². The van der Waals surface area contributed by atoms with E-state index >= 15 is 0 Å². The fraction of sp³-hybridized carbons (Fsp3) is 0.500. The van der Waals surface area contributed by atoms with Gasteiger partial charge in [0.25, 0.3) is 0 Å². The van der Waals surface area contributed by atoms with E-state index in [0.717, 1.165) is 31.2 Å². The van der Waals surface area contributed by atoms with Gasteiger partial charge in [-0.1, -0.05) is 12.1 Å². The maximum absolute atomic E-state index is 12.3. The average molecular weight is 255 g/mol. The molecule has 1 aromatic carbocycles. The Morgan fingerprint density at radius 3 is 2.74 bits per heavy atom. The number of carbonyl (C=O) groups is 1. The van der Waals surface area contributed by atoms with Crippen LogP contribution in [0.2, 0.25) is 0 Å². The van der Waals surface area contributed by atoms with Gasteiger partial charge in [0.05, 0.1) is 23.8 Å². The molecule has 0 spiro atoms. The Kier molecular flexibility index (Phi) is 3.35. The van der Waals surface area contributed by atoms with E-state index in [9.17, 15) is 4.79 Å². The Hall–Kier alpha value is -1.66. The molecule has 0 aliphatic carbocycles. The first-order valence-corrected chi connectivity index (χ1v) is 6.92. The highest BCUT2D eigenvalue weighted by Gasteiger charge is 2.37. The van der Waals surface area contributed by atoms with E-state index in [2.05, 4.69) is 6.07 Å². The van der Waals surface area contributed by atoms with Gasteiger partial charge in [0.15, 0.2) is 0 Å². The molecule has 2 atom stereocenters. The predicted molar refractivity (Wildman–Crippen MR) is 70.5 cm³/mol. The van der Waals surface area contributed by atoms with Crippen molar-refractivity contribution in [1.82, 2.24) is 0 Å². The number of ether oxygens (including phenoxy) is 1. The summed E-state index contributed by atoms with van der Waals surface area (Å²) < 4.78 is 5.77. The molecule has 0 saturated carbocycles. The van der Waals surface area contributed by atoms with E-state index < -0.39 is 0 Å². The van der Waals surface area contributed by atoms with Gasteiger partial charge in [-0.15, -0.1) is 0 Å². The van der Waals surface area contributed by atoms with Crippen LogP contribution in [0.25, 0.3) is 0 Å². The molecule has 2 unspecified atom stereocenters. The summed E-state index contributed by atoms with van der Waals surface area (Å²) in [5.41, 5.74) is 1.57. The maximum Gasteiger partial charge on any atom is 0.140 e. The molecule has 2 heterocycles. The van der Waals surface area contributed by atoms with Gasteiger partial charge in [-0.3, -0.25) is 4.79 Å². The lowest BCUT2D eigenvalue weighted by atomic mass is 9.88. The highest BCUT2D eigenvalue weighted by Crippen LogP contribution is 2.36. The Morgan fingerprint density at radius 1 is 1.32 bits per heavy atom. The summed E-state index contributed by atoms with van der Waals surface area (Å²) >= 11 is 0. The molecule has 98 valence electrons. The molecular formula is C16H17NO2. The van der Waals surface area contributed by atoms with Crippen molar-refractivity contribution < 1.29 is 9.53 Å². The summed E-state index contributed by atoms with van der Waals surface area (Å²) in [6.45, 7) is 0. The summed E-state index contributed by atoms with van der Waals surface area (Å²) in [4.78, 5) is 12.3.